The molecule has 0 aliphatic carbocycles. The molecule has 0 bridgehead atoms. The molecule has 2 N–H and O–H groups in total. The maximum atomic E-state index is 9.14. The lowest BCUT2D eigenvalue weighted by Crippen LogP contribution is -2.38. The zero-order chi connectivity index (χ0) is 16.9. The van der Waals surface area contributed by atoms with Gasteiger partial charge in [-0.2, -0.15) is 5.10 Å². The molecule has 0 saturated carbocycles. The van der Waals surface area contributed by atoms with E-state index in [0.29, 0.717) is 12.6 Å². The Morgan fingerprint density at radius 1 is 1.17 bits per heavy atom. The molecule has 1 aromatic heterocycles. The summed E-state index contributed by atoms with van der Waals surface area (Å²) < 4.78 is 1.92. The van der Waals surface area contributed by atoms with E-state index in [4.69, 9.17) is 5.11 Å². The number of nitrogens with zero attached hydrogens (tertiary/aromatic N) is 3. The SMILES string of the molecule is Cc1nn(CCO)c(C)c1CN1CCC(Nc2ccccc2)CC1. The lowest BCUT2D eigenvalue weighted by molar-refractivity contribution is 0.210. The van der Waals surface area contributed by atoms with Crippen LogP contribution in [-0.4, -0.2) is 45.5 Å². The summed E-state index contributed by atoms with van der Waals surface area (Å²) >= 11 is 0. The lowest BCUT2D eigenvalue weighted by Gasteiger charge is -2.33. The Bertz CT molecular complexity index is 645. The van der Waals surface area contributed by atoms with E-state index in [-0.39, 0.29) is 6.61 Å². The van der Waals surface area contributed by atoms with Gasteiger partial charge in [0, 0.05) is 42.6 Å². The van der Waals surface area contributed by atoms with E-state index in [9.17, 15) is 0 Å². The van der Waals surface area contributed by atoms with Crippen LogP contribution in [0.5, 0.6) is 0 Å². The van der Waals surface area contributed by atoms with Gasteiger partial charge in [0.15, 0.2) is 0 Å². The Morgan fingerprint density at radius 2 is 1.88 bits per heavy atom. The fourth-order valence-electron chi connectivity index (χ4n) is 3.50. The zero-order valence-corrected chi connectivity index (χ0v) is 14.7. The van der Waals surface area contributed by atoms with Gasteiger partial charge < -0.3 is 10.4 Å². The second-order valence-corrected chi connectivity index (χ2v) is 6.66. The summed E-state index contributed by atoms with van der Waals surface area (Å²) in [4.78, 5) is 2.52. The standard InChI is InChI=1S/C19H28N4O/c1-15-19(16(2)23(21-15)12-13-24)14-22-10-8-18(9-11-22)20-17-6-4-3-5-7-17/h3-7,18,20,24H,8-14H2,1-2H3. The van der Waals surface area contributed by atoms with Crippen LogP contribution in [-0.2, 0) is 13.1 Å². The van der Waals surface area contributed by atoms with Gasteiger partial charge in [0.25, 0.3) is 0 Å². The number of piperidine rings is 1. The first-order chi connectivity index (χ1) is 11.7. The van der Waals surface area contributed by atoms with Crippen molar-refractivity contribution in [2.75, 3.05) is 25.0 Å². The number of likely N-dealkylation sites (tertiary alicyclic amines) is 1. The van der Waals surface area contributed by atoms with E-state index >= 15 is 0 Å². The molecule has 0 radical (unpaired) electrons. The maximum Gasteiger partial charge on any atom is 0.0644 e. The minimum Gasteiger partial charge on any atom is -0.394 e. The van der Waals surface area contributed by atoms with Crippen LogP contribution >= 0.6 is 0 Å². The average molecular weight is 328 g/mol. The van der Waals surface area contributed by atoms with Crippen molar-refractivity contribution in [3.8, 4) is 0 Å². The monoisotopic (exact) mass is 328 g/mol. The highest BCUT2D eigenvalue weighted by Gasteiger charge is 2.21. The fourth-order valence-corrected chi connectivity index (χ4v) is 3.50. The minimum absolute atomic E-state index is 0.137. The van der Waals surface area contributed by atoms with Gasteiger partial charge in [0.1, 0.15) is 0 Å². The number of anilines is 1. The Hall–Kier alpha value is -1.85. The summed E-state index contributed by atoms with van der Waals surface area (Å²) in [7, 11) is 0. The van der Waals surface area contributed by atoms with Gasteiger partial charge in [-0.15, -0.1) is 0 Å². The maximum absolute atomic E-state index is 9.14. The molecule has 0 spiro atoms. The van der Waals surface area contributed by atoms with Gasteiger partial charge in [-0.3, -0.25) is 9.58 Å². The van der Waals surface area contributed by atoms with Gasteiger partial charge in [0.05, 0.1) is 18.8 Å². The van der Waals surface area contributed by atoms with Crippen molar-refractivity contribution in [2.45, 2.75) is 45.8 Å². The fraction of sp³-hybridized carbons (Fsp3) is 0.526. The van der Waals surface area contributed by atoms with Crippen molar-refractivity contribution < 1.29 is 5.11 Å². The first kappa shape index (κ1) is 17.0. The second-order valence-electron chi connectivity index (χ2n) is 6.66. The molecule has 1 aliphatic heterocycles. The zero-order valence-electron chi connectivity index (χ0n) is 14.7. The van der Waals surface area contributed by atoms with Crippen LogP contribution in [0.1, 0.15) is 29.8 Å². The number of rotatable bonds is 6. The summed E-state index contributed by atoms with van der Waals surface area (Å²) in [5.41, 5.74) is 4.81. The van der Waals surface area contributed by atoms with Crippen molar-refractivity contribution in [1.82, 2.24) is 14.7 Å². The van der Waals surface area contributed by atoms with Crippen molar-refractivity contribution in [3.05, 3.63) is 47.3 Å². The number of aliphatic hydroxyl groups is 1. The average Bonchev–Trinajstić information content (AvgIpc) is 2.85. The third-order valence-corrected chi connectivity index (χ3v) is 4.96. The molecule has 5 heteroatoms. The number of hydrogen-bond acceptors (Lipinski definition) is 4. The van der Waals surface area contributed by atoms with E-state index in [1.165, 1.54) is 16.9 Å². The number of aromatic nitrogens is 2. The predicted octanol–water partition coefficient (Wildman–Crippen LogP) is 2.57. The van der Waals surface area contributed by atoms with Crippen molar-refractivity contribution in [1.29, 1.82) is 0 Å². The van der Waals surface area contributed by atoms with Crippen LogP contribution in [0.3, 0.4) is 0 Å². The second kappa shape index (κ2) is 7.81. The van der Waals surface area contributed by atoms with Crippen LogP contribution < -0.4 is 5.32 Å². The van der Waals surface area contributed by atoms with E-state index < -0.39 is 0 Å². The van der Waals surface area contributed by atoms with Crippen LogP contribution in [0.4, 0.5) is 5.69 Å². The predicted molar refractivity (Wildman–Crippen MR) is 97.2 cm³/mol. The molecular weight excluding hydrogens is 300 g/mol. The number of nitrogens with one attached hydrogen (secondary N) is 1. The highest BCUT2D eigenvalue weighted by Crippen LogP contribution is 2.21. The lowest BCUT2D eigenvalue weighted by atomic mass is 10.0. The Kier molecular flexibility index (Phi) is 5.53. The van der Waals surface area contributed by atoms with Crippen molar-refractivity contribution >= 4 is 5.69 Å². The molecule has 3 rings (SSSR count). The van der Waals surface area contributed by atoms with Crippen molar-refractivity contribution in [3.63, 3.8) is 0 Å². The quantitative estimate of drug-likeness (QED) is 0.856. The highest BCUT2D eigenvalue weighted by atomic mass is 16.3. The van der Waals surface area contributed by atoms with E-state index in [2.05, 4.69) is 59.5 Å². The first-order valence-corrected chi connectivity index (χ1v) is 8.85. The van der Waals surface area contributed by atoms with Gasteiger partial charge in [-0.1, -0.05) is 18.2 Å². The summed E-state index contributed by atoms with van der Waals surface area (Å²) in [6.07, 6.45) is 2.33. The largest absolute Gasteiger partial charge is 0.394 e. The van der Waals surface area contributed by atoms with Gasteiger partial charge >= 0.3 is 0 Å². The normalized spacial score (nSPS) is 16.5. The summed E-state index contributed by atoms with van der Waals surface area (Å²) in [6, 6.07) is 11.0. The molecule has 0 atom stereocenters. The van der Waals surface area contributed by atoms with Crippen LogP contribution in [0, 0.1) is 13.8 Å². The Labute approximate surface area is 144 Å². The molecule has 1 aromatic carbocycles. The van der Waals surface area contributed by atoms with E-state index in [1.807, 2.05) is 4.68 Å². The molecule has 24 heavy (non-hydrogen) atoms. The first-order valence-electron chi connectivity index (χ1n) is 8.85. The number of aliphatic hydroxyl groups excluding tert-OH is 1. The topological polar surface area (TPSA) is 53.3 Å². The summed E-state index contributed by atoms with van der Waals surface area (Å²) in [6.45, 7) is 8.06. The number of benzene rings is 1. The molecular formula is C19H28N4O. The molecule has 2 aromatic rings. The summed E-state index contributed by atoms with van der Waals surface area (Å²) in [5, 5.41) is 17.3. The smallest absolute Gasteiger partial charge is 0.0644 e. The number of hydrogen-bond donors (Lipinski definition) is 2. The van der Waals surface area contributed by atoms with Crippen molar-refractivity contribution in [2.24, 2.45) is 0 Å². The third kappa shape index (κ3) is 3.97. The Balaban J connectivity index is 1.54. The van der Waals surface area contributed by atoms with E-state index in [1.54, 1.807) is 0 Å². The molecule has 0 amide bonds. The molecule has 1 saturated heterocycles. The summed E-state index contributed by atoms with van der Waals surface area (Å²) in [5.74, 6) is 0. The molecule has 1 aliphatic rings. The molecule has 130 valence electrons. The highest BCUT2D eigenvalue weighted by molar-refractivity contribution is 5.43. The van der Waals surface area contributed by atoms with E-state index in [0.717, 1.165) is 38.2 Å². The third-order valence-electron chi connectivity index (χ3n) is 4.96. The minimum atomic E-state index is 0.137. The Morgan fingerprint density at radius 3 is 2.54 bits per heavy atom. The van der Waals surface area contributed by atoms with Crippen LogP contribution in [0.2, 0.25) is 0 Å². The van der Waals surface area contributed by atoms with Crippen LogP contribution in [0.25, 0.3) is 0 Å². The van der Waals surface area contributed by atoms with Gasteiger partial charge in [-0.25, -0.2) is 0 Å². The number of para-hydroxylation sites is 1. The van der Waals surface area contributed by atoms with Gasteiger partial charge in [0.2, 0.25) is 0 Å². The molecule has 1 fully saturated rings. The number of aryl methyl sites for hydroxylation is 1. The molecule has 0 unspecified atom stereocenters. The molecule has 2 heterocycles. The molecule has 5 nitrogen and oxygen atoms in total. The van der Waals surface area contributed by atoms with Gasteiger partial charge in [-0.05, 0) is 38.8 Å². The van der Waals surface area contributed by atoms with Crippen LogP contribution in [0.15, 0.2) is 30.3 Å².